The van der Waals surface area contributed by atoms with E-state index in [2.05, 4.69) is 4.98 Å². The van der Waals surface area contributed by atoms with Crippen LogP contribution >= 0.6 is 0 Å². The van der Waals surface area contributed by atoms with Gasteiger partial charge in [-0.05, 0) is 12.0 Å². The summed E-state index contributed by atoms with van der Waals surface area (Å²) in [6, 6.07) is 2.82. The maximum Gasteiger partial charge on any atom is 0.339 e. The van der Waals surface area contributed by atoms with Crippen molar-refractivity contribution in [3.8, 4) is 5.75 Å². The molecule has 0 bridgehead atoms. The number of rotatable bonds is 6. The highest BCUT2D eigenvalue weighted by atomic mass is 16.5. The summed E-state index contributed by atoms with van der Waals surface area (Å²) in [5, 5.41) is 0. The molecule has 3 rings (SSSR count). The molecule has 0 spiro atoms. The van der Waals surface area contributed by atoms with Crippen LogP contribution in [0, 0.1) is 5.92 Å². The van der Waals surface area contributed by atoms with Crippen LogP contribution in [0.1, 0.15) is 30.0 Å². The van der Waals surface area contributed by atoms with Crippen molar-refractivity contribution in [2.45, 2.75) is 26.9 Å². The Kier molecular flexibility index (Phi) is 5.34. The number of carbonyl (C=O) groups is 1. The minimum Gasteiger partial charge on any atom is -0.490 e. The Morgan fingerprint density at radius 1 is 1.21 bits per heavy atom. The summed E-state index contributed by atoms with van der Waals surface area (Å²) in [5.74, 6) is 0.00619. The van der Waals surface area contributed by atoms with Gasteiger partial charge in [-0.25, -0.2) is 14.6 Å². The quantitative estimate of drug-likeness (QED) is 0.592. The van der Waals surface area contributed by atoms with E-state index in [9.17, 15) is 14.4 Å². The van der Waals surface area contributed by atoms with Crippen LogP contribution in [0.5, 0.6) is 5.75 Å². The predicted molar refractivity (Wildman–Crippen MR) is 101 cm³/mol. The van der Waals surface area contributed by atoms with Crippen LogP contribution in [0.25, 0.3) is 11.2 Å². The normalized spacial score (nSPS) is 11.2. The van der Waals surface area contributed by atoms with E-state index in [0.717, 1.165) is 0 Å². The molecule has 9 nitrogen and oxygen atoms in total. The number of hydrogen-bond acceptors (Lipinski definition) is 7. The van der Waals surface area contributed by atoms with E-state index in [1.165, 1.54) is 37.3 Å². The molecule has 0 atom stereocenters. The fourth-order valence-electron chi connectivity index (χ4n) is 2.93. The smallest absolute Gasteiger partial charge is 0.339 e. The van der Waals surface area contributed by atoms with Gasteiger partial charge in [0, 0.05) is 18.8 Å². The molecule has 3 aromatic rings. The van der Waals surface area contributed by atoms with Crippen LogP contribution in [0.4, 0.5) is 0 Å². The second kappa shape index (κ2) is 7.71. The van der Waals surface area contributed by atoms with Gasteiger partial charge in [-0.3, -0.25) is 13.9 Å². The summed E-state index contributed by atoms with van der Waals surface area (Å²) in [7, 11) is 2.64. The van der Waals surface area contributed by atoms with Crippen molar-refractivity contribution in [2.24, 2.45) is 5.92 Å². The molecule has 28 heavy (non-hydrogen) atoms. The fraction of sp³-hybridized carbons (Fsp3) is 0.368. The highest BCUT2D eigenvalue weighted by molar-refractivity contribution is 5.92. The zero-order chi connectivity index (χ0) is 20.4. The molecule has 0 amide bonds. The molecule has 0 unspecified atom stereocenters. The first-order chi connectivity index (χ1) is 13.3. The van der Waals surface area contributed by atoms with Crippen molar-refractivity contribution < 1.29 is 18.7 Å². The number of ether oxygens (including phenoxy) is 2. The van der Waals surface area contributed by atoms with Crippen LogP contribution in [0.3, 0.4) is 0 Å². The molecular formula is C19H21N3O6. The van der Waals surface area contributed by atoms with Gasteiger partial charge in [-0.1, -0.05) is 13.8 Å². The molecule has 0 N–H and O–H groups in total. The Labute approximate surface area is 160 Å². The van der Waals surface area contributed by atoms with Crippen molar-refractivity contribution in [3.05, 3.63) is 56.6 Å². The second-order valence-electron chi connectivity index (χ2n) is 6.71. The molecule has 0 saturated carbocycles. The first-order valence-corrected chi connectivity index (χ1v) is 8.68. The summed E-state index contributed by atoms with van der Waals surface area (Å²) in [6.07, 6.45) is 2.58. The van der Waals surface area contributed by atoms with Gasteiger partial charge in [0.05, 0.1) is 31.8 Å². The van der Waals surface area contributed by atoms with E-state index in [1.807, 2.05) is 13.8 Å². The van der Waals surface area contributed by atoms with Gasteiger partial charge in [-0.15, -0.1) is 0 Å². The minimum absolute atomic E-state index is 0.00592. The third-order valence-corrected chi connectivity index (χ3v) is 4.21. The Bertz CT molecular complexity index is 1140. The zero-order valence-corrected chi connectivity index (χ0v) is 16.1. The van der Waals surface area contributed by atoms with Crippen molar-refractivity contribution in [2.75, 3.05) is 14.2 Å². The van der Waals surface area contributed by atoms with E-state index < -0.39 is 5.97 Å². The largest absolute Gasteiger partial charge is 0.490 e. The van der Waals surface area contributed by atoms with E-state index in [0.29, 0.717) is 17.7 Å². The van der Waals surface area contributed by atoms with E-state index in [-0.39, 0.29) is 40.7 Å². The fourth-order valence-corrected chi connectivity index (χ4v) is 2.93. The number of aromatic nitrogens is 3. The number of methoxy groups -OCH3 is 2. The summed E-state index contributed by atoms with van der Waals surface area (Å²) < 4.78 is 18.0. The van der Waals surface area contributed by atoms with Gasteiger partial charge < -0.3 is 13.9 Å². The lowest BCUT2D eigenvalue weighted by molar-refractivity contribution is 0.0600. The molecule has 0 radical (unpaired) electrons. The molecule has 3 heterocycles. The number of fused-ring (bicyclic) bond motifs is 1. The average Bonchev–Trinajstić information content (AvgIpc) is 2.92. The Morgan fingerprint density at radius 2 is 1.96 bits per heavy atom. The Hall–Kier alpha value is -3.36. The van der Waals surface area contributed by atoms with Crippen LogP contribution < -0.4 is 15.9 Å². The summed E-state index contributed by atoms with van der Waals surface area (Å²) in [4.78, 5) is 41.2. The topological polar surface area (TPSA) is 106 Å². The molecule has 0 saturated heterocycles. The van der Waals surface area contributed by atoms with Gasteiger partial charge in [0.25, 0.3) is 0 Å². The molecule has 3 aromatic heterocycles. The Balaban J connectivity index is 2.17. The van der Waals surface area contributed by atoms with Crippen LogP contribution in [0.2, 0.25) is 0 Å². The molecule has 0 aliphatic rings. The first-order valence-electron chi connectivity index (χ1n) is 8.68. The van der Waals surface area contributed by atoms with Crippen molar-refractivity contribution in [1.82, 2.24) is 14.1 Å². The zero-order valence-electron chi connectivity index (χ0n) is 16.1. The van der Waals surface area contributed by atoms with E-state index in [4.69, 9.17) is 13.9 Å². The van der Waals surface area contributed by atoms with Crippen molar-refractivity contribution in [1.29, 1.82) is 0 Å². The number of esters is 1. The Morgan fingerprint density at radius 3 is 2.57 bits per heavy atom. The number of carbonyl (C=O) groups excluding carboxylic acids is 1. The number of imidazole rings is 1. The SMILES string of the molecule is COC(=O)c1cnc2c(c1)n(Cc1cc(=O)c(OC)co1)c(=O)n2CC(C)C. The molecule has 0 aliphatic heterocycles. The molecule has 0 aliphatic carbocycles. The summed E-state index contributed by atoms with van der Waals surface area (Å²) >= 11 is 0. The van der Waals surface area contributed by atoms with Crippen LogP contribution in [-0.4, -0.2) is 34.3 Å². The highest BCUT2D eigenvalue weighted by Crippen LogP contribution is 2.17. The van der Waals surface area contributed by atoms with Gasteiger partial charge >= 0.3 is 11.7 Å². The molecule has 0 aromatic carbocycles. The van der Waals surface area contributed by atoms with E-state index in [1.54, 1.807) is 10.6 Å². The first kappa shape index (κ1) is 19.4. The molecular weight excluding hydrogens is 366 g/mol. The van der Waals surface area contributed by atoms with Gasteiger partial charge in [0.15, 0.2) is 5.65 Å². The van der Waals surface area contributed by atoms with Crippen molar-refractivity contribution >= 4 is 17.1 Å². The molecule has 148 valence electrons. The average molecular weight is 387 g/mol. The lowest BCUT2D eigenvalue weighted by Crippen LogP contribution is -2.26. The van der Waals surface area contributed by atoms with Crippen LogP contribution in [0.15, 0.2) is 38.6 Å². The minimum atomic E-state index is -0.555. The maximum atomic E-state index is 13.0. The third-order valence-electron chi connectivity index (χ3n) is 4.21. The lowest BCUT2D eigenvalue weighted by atomic mass is 10.2. The number of hydrogen-bond donors (Lipinski definition) is 0. The highest BCUT2D eigenvalue weighted by Gasteiger charge is 2.19. The number of nitrogens with zero attached hydrogens (tertiary/aromatic N) is 3. The van der Waals surface area contributed by atoms with E-state index >= 15 is 0 Å². The molecule has 9 heteroatoms. The van der Waals surface area contributed by atoms with Crippen LogP contribution in [-0.2, 0) is 17.8 Å². The molecule has 0 fully saturated rings. The van der Waals surface area contributed by atoms with Gasteiger partial charge in [0.2, 0.25) is 11.2 Å². The maximum absolute atomic E-state index is 13.0. The predicted octanol–water partition coefficient (Wildman–Crippen LogP) is 1.65. The second-order valence-corrected chi connectivity index (χ2v) is 6.71. The van der Waals surface area contributed by atoms with Gasteiger partial charge in [-0.2, -0.15) is 0 Å². The summed E-state index contributed by atoms with van der Waals surface area (Å²) in [6.45, 7) is 4.44. The summed E-state index contributed by atoms with van der Waals surface area (Å²) in [5.41, 5.74) is 0.462. The monoisotopic (exact) mass is 387 g/mol. The standard InChI is InChI=1S/C19H21N3O6/c1-11(2)8-22-17-14(5-12(7-20-17)18(24)27-4)21(19(22)25)9-13-6-15(23)16(26-3)10-28-13/h5-7,10-11H,8-9H2,1-4H3. The number of pyridine rings is 1. The third kappa shape index (κ3) is 3.55. The van der Waals surface area contributed by atoms with Gasteiger partial charge in [0.1, 0.15) is 12.0 Å². The van der Waals surface area contributed by atoms with Crippen molar-refractivity contribution in [3.63, 3.8) is 0 Å². The lowest BCUT2D eigenvalue weighted by Gasteiger charge is -2.05.